The fourth-order valence-corrected chi connectivity index (χ4v) is 4.38. The lowest BCUT2D eigenvalue weighted by atomic mass is 9.79. The number of fused-ring (bicyclic) bond motifs is 4. The smallest absolute Gasteiger partial charge is 0.0165 e. The van der Waals surface area contributed by atoms with E-state index in [9.17, 15) is 0 Å². The van der Waals surface area contributed by atoms with Gasteiger partial charge in [-0.3, -0.25) is 0 Å². The van der Waals surface area contributed by atoms with Gasteiger partial charge in [0.25, 0.3) is 0 Å². The van der Waals surface area contributed by atoms with Gasteiger partial charge in [0, 0.05) is 11.8 Å². The molecule has 0 amide bonds. The molecule has 5 rings (SSSR count). The third-order valence-electron chi connectivity index (χ3n) is 5.39. The first-order valence-corrected chi connectivity index (χ1v) is 8.30. The lowest BCUT2D eigenvalue weighted by Crippen LogP contribution is -2.08. The Morgan fingerprint density at radius 1 is 0.783 bits per heavy atom. The average molecular weight is 294 g/mol. The maximum Gasteiger partial charge on any atom is 0.0165 e. The normalized spacial score (nSPS) is 21.3. The van der Waals surface area contributed by atoms with Gasteiger partial charge in [-0.15, -0.1) is 0 Å². The van der Waals surface area contributed by atoms with Crippen molar-refractivity contribution in [3.05, 3.63) is 94.6 Å². The van der Waals surface area contributed by atoms with Gasteiger partial charge in [-0.2, -0.15) is 0 Å². The Kier molecular flexibility index (Phi) is 2.63. The predicted octanol–water partition coefficient (Wildman–Crippen LogP) is 6.15. The first-order valence-electron chi connectivity index (χ1n) is 8.30. The number of allylic oxidation sites excluding steroid dienone is 2. The van der Waals surface area contributed by atoms with Crippen LogP contribution in [0.3, 0.4) is 0 Å². The van der Waals surface area contributed by atoms with E-state index < -0.39 is 0 Å². The zero-order valence-electron chi connectivity index (χ0n) is 13.2. The number of rotatable bonds is 1. The lowest BCUT2D eigenvalue weighted by Gasteiger charge is -2.23. The zero-order valence-corrected chi connectivity index (χ0v) is 13.2. The SMILES string of the molecule is CC1=Cc2ccc3ccccc3c2C1C1C=Cc2ccccc21. The predicted molar refractivity (Wildman–Crippen MR) is 98.6 cm³/mol. The van der Waals surface area contributed by atoms with E-state index in [1.165, 1.54) is 38.6 Å². The van der Waals surface area contributed by atoms with Crippen molar-refractivity contribution in [1.29, 1.82) is 0 Å². The Morgan fingerprint density at radius 3 is 2.57 bits per heavy atom. The molecule has 2 atom stereocenters. The summed E-state index contributed by atoms with van der Waals surface area (Å²) in [5.41, 5.74) is 7.21. The van der Waals surface area contributed by atoms with Crippen molar-refractivity contribution in [3.8, 4) is 0 Å². The molecule has 0 aromatic heterocycles. The summed E-state index contributed by atoms with van der Waals surface area (Å²) in [6, 6.07) is 22.1. The standard InChI is InChI=1S/C23H18/c1-15-14-18-11-10-17-7-3-5-9-20(17)23(18)22(15)21-13-12-16-6-2-4-8-19(16)21/h2-14,21-22H,1H3. The maximum absolute atomic E-state index is 2.39. The van der Waals surface area contributed by atoms with Crippen LogP contribution in [0, 0.1) is 0 Å². The van der Waals surface area contributed by atoms with Gasteiger partial charge in [-0.25, -0.2) is 0 Å². The molecular formula is C23H18. The summed E-state index contributed by atoms with van der Waals surface area (Å²) in [7, 11) is 0. The van der Waals surface area contributed by atoms with Gasteiger partial charge in [0.05, 0.1) is 0 Å². The van der Waals surface area contributed by atoms with Crippen LogP contribution in [0.4, 0.5) is 0 Å². The Bertz CT molecular complexity index is 988. The summed E-state index contributed by atoms with van der Waals surface area (Å²) >= 11 is 0. The third-order valence-corrected chi connectivity index (χ3v) is 5.39. The summed E-state index contributed by atoms with van der Waals surface area (Å²) in [4.78, 5) is 0. The van der Waals surface area contributed by atoms with Crippen LogP contribution in [0.1, 0.15) is 41.0 Å². The molecule has 3 aromatic rings. The minimum atomic E-state index is 0.453. The fourth-order valence-electron chi connectivity index (χ4n) is 4.38. The van der Waals surface area contributed by atoms with Crippen LogP contribution >= 0.6 is 0 Å². The Labute approximate surface area is 136 Å². The van der Waals surface area contributed by atoms with Gasteiger partial charge in [-0.1, -0.05) is 84.5 Å². The molecular weight excluding hydrogens is 276 g/mol. The first kappa shape index (κ1) is 12.9. The van der Waals surface area contributed by atoms with E-state index >= 15 is 0 Å². The van der Waals surface area contributed by atoms with Crippen LogP contribution in [0.25, 0.3) is 22.9 Å². The summed E-state index contributed by atoms with van der Waals surface area (Å²) < 4.78 is 0. The van der Waals surface area contributed by atoms with Gasteiger partial charge in [0.2, 0.25) is 0 Å². The molecule has 2 aliphatic rings. The van der Waals surface area contributed by atoms with Crippen molar-refractivity contribution >= 4 is 22.9 Å². The summed E-state index contributed by atoms with van der Waals surface area (Å²) in [6.45, 7) is 2.29. The van der Waals surface area contributed by atoms with Crippen molar-refractivity contribution in [3.63, 3.8) is 0 Å². The quantitative estimate of drug-likeness (QED) is 0.505. The molecule has 0 spiro atoms. The van der Waals surface area contributed by atoms with Crippen LogP contribution in [0.5, 0.6) is 0 Å². The molecule has 23 heavy (non-hydrogen) atoms. The van der Waals surface area contributed by atoms with Crippen LogP contribution < -0.4 is 0 Å². The zero-order chi connectivity index (χ0) is 15.4. The molecule has 3 aromatic carbocycles. The van der Waals surface area contributed by atoms with Crippen LogP contribution in [0.15, 0.2) is 72.3 Å². The second kappa shape index (κ2) is 4.70. The second-order valence-electron chi connectivity index (χ2n) is 6.67. The largest absolute Gasteiger partial charge is 0.0754 e. The van der Waals surface area contributed by atoms with Gasteiger partial charge in [0.1, 0.15) is 0 Å². The number of hydrogen-bond acceptors (Lipinski definition) is 0. The number of hydrogen-bond donors (Lipinski definition) is 0. The first-order chi connectivity index (χ1) is 11.3. The molecule has 0 aliphatic heterocycles. The van der Waals surface area contributed by atoms with E-state index in [1.807, 2.05) is 0 Å². The molecule has 0 nitrogen and oxygen atoms in total. The molecule has 0 saturated carbocycles. The molecule has 0 saturated heterocycles. The minimum Gasteiger partial charge on any atom is -0.0754 e. The van der Waals surface area contributed by atoms with E-state index in [1.54, 1.807) is 0 Å². The van der Waals surface area contributed by atoms with Crippen LogP contribution in [-0.4, -0.2) is 0 Å². The van der Waals surface area contributed by atoms with Crippen LogP contribution in [0.2, 0.25) is 0 Å². The Hall–Kier alpha value is -2.60. The van der Waals surface area contributed by atoms with E-state index in [0.29, 0.717) is 11.8 Å². The highest BCUT2D eigenvalue weighted by Gasteiger charge is 2.33. The molecule has 0 heterocycles. The highest BCUT2D eigenvalue weighted by Crippen LogP contribution is 2.50. The van der Waals surface area contributed by atoms with Crippen molar-refractivity contribution in [1.82, 2.24) is 0 Å². The molecule has 0 N–H and O–H groups in total. The van der Waals surface area contributed by atoms with Crippen molar-refractivity contribution in [2.24, 2.45) is 0 Å². The molecule has 2 unspecified atom stereocenters. The van der Waals surface area contributed by atoms with Crippen molar-refractivity contribution in [2.45, 2.75) is 18.8 Å². The van der Waals surface area contributed by atoms with E-state index in [2.05, 4.69) is 85.8 Å². The van der Waals surface area contributed by atoms with Gasteiger partial charge < -0.3 is 0 Å². The third kappa shape index (κ3) is 1.78. The monoisotopic (exact) mass is 294 g/mol. The van der Waals surface area contributed by atoms with E-state index in [-0.39, 0.29) is 0 Å². The number of benzene rings is 3. The molecule has 0 bridgehead atoms. The van der Waals surface area contributed by atoms with Gasteiger partial charge in [-0.05, 0) is 39.9 Å². The topological polar surface area (TPSA) is 0 Å². The maximum atomic E-state index is 2.39. The second-order valence-corrected chi connectivity index (χ2v) is 6.67. The highest BCUT2D eigenvalue weighted by atomic mass is 14.4. The molecule has 110 valence electrons. The Balaban J connectivity index is 1.74. The van der Waals surface area contributed by atoms with E-state index in [4.69, 9.17) is 0 Å². The Morgan fingerprint density at radius 2 is 1.61 bits per heavy atom. The summed E-state index contributed by atoms with van der Waals surface area (Å²) in [5, 5.41) is 2.75. The minimum absolute atomic E-state index is 0.453. The molecule has 0 radical (unpaired) electrons. The fraction of sp³-hybridized carbons (Fsp3) is 0.130. The van der Waals surface area contributed by atoms with E-state index in [0.717, 1.165) is 0 Å². The molecule has 0 heteroatoms. The van der Waals surface area contributed by atoms with Crippen molar-refractivity contribution in [2.75, 3.05) is 0 Å². The van der Waals surface area contributed by atoms with Crippen LogP contribution in [-0.2, 0) is 0 Å². The van der Waals surface area contributed by atoms with Crippen molar-refractivity contribution < 1.29 is 0 Å². The average Bonchev–Trinajstić information content (AvgIpc) is 3.15. The summed E-state index contributed by atoms with van der Waals surface area (Å²) in [6.07, 6.45) is 7.06. The van der Waals surface area contributed by atoms with Gasteiger partial charge >= 0.3 is 0 Å². The lowest BCUT2D eigenvalue weighted by molar-refractivity contribution is 0.728. The van der Waals surface area contributed by atoms with Gasteiger partial charge in [0.15, 0.2) is 0 Å². The molecule has 2 aliphatic carbocycles. The summed E-state index contributed by atoms with van der Waals surface area (Å²) in [5.74, 6) is 0.908. The highest BCUT2D eigenvalue weighted by molar-refractivity contribution is 5.92. The molecule has 0 fully saturated rings.